The van der Waals surface area contributed by atoms with E-state index in [0.717, 1.165) is 19.3 Å². The minimum atomic E-state index is -0.808. The summed E-state index contributed by atoms with van der Waals surface area (Å²) in [5, 5.41) is 8.79. The molecule has 0 aromatic heterocycles. The van der Waals surface area contributed by atoms with Crippen LogP contribution >= 0.6 is 0 Å². The number of nitrogens with zero attached hydrogens (tertiary/aromatic N) is 1. The molecule has 2 bridgehead atoms. The highest BCUT2D eigenvalue weighted by Gasteiger charge is 2.53. The van der Waals surface area contributed by atoms with Gasteiger partial charge in [-0.3, -0.25) is 4.79 Å². The molecule has 18 heavy (non-hydrogen) atoms. The molecule has 1 amide bonds. The second-order valence-corrected chi connectivity index (χ2v) is 5.20. The Morgan fingerprint density at radius 1 is 1.50 bits per heavy atom. The molecule has 5 nitrogen and oxygen atoms in total. The van der Waals surface area contributed by atoms with Gasteiger partial charge in [0.25, 0.3) is 0 Å². The Hall–Kier alpha value is -1.52. The SMILES string of the molecule is C=CCOC(=O)N1CCC2CC1(CCC(=O)O)C2. The summed E-state index contributed by atoms with van der Waals surface area (Å²) >= 11 is 0. The van der Waals surface area contributed by atoms with E-state index in [1.807, 2.05) is 0 Å². The molecular formula is C13H19NO4. The Balaban J connectivity index is 1.99. The summed E-state index contributed by atoms with van der Waals surface area (Å²) in [6.45, 7) is 4.39. The average Bonchev–Trinajstić information content (AvgIpc) is 2.32. The lowest BCUT2D eigenvalue weighted by Crippen LogP contribution is -2.64. The fourth-order valence-corrected chi connectivity index (χ4v) is 3.16. The third-order valence-corrected chi connectivity index (χ3v) is 4.02. The zero-order valence-corrected chi connectivity index (χ0v) is 10.4. The number of carboxylic acids is 1. The minimum Gasteiger partial charge on any atom is -0.481 e. The highest BCUT2D eigenvalue weighted by molar-refractivity contribution is 5.70. The molecule has 0 unspecified atom stereocenters. The first-order chi connectivity index (χ1) is 8.57. The maximum absolute atomic E-state index is 12.0. The Bertz CT molecular complexity index is 360. The van der Waals surface area contributed by atoms with Crippen molar-refractivity contribution in [2.45, 2.75) is 37.6 Å². The molecule has 1 aliphatic carbocycles. The number of aliphatic carboxylic acids is 1. The average molecular weight is 253 g/mol. The first-order valence-electron chi connectivity index (χ1n) is 6.34. The molecule has 0 aromatic rings. The topological polar surface area (TPSA) is 66.8 Å². The number of carbonyl (C=O) groups excluding carboxylic acids is 1. The van der Waals surface area contributed by atoms with Crippen molar-refractivity contribution in [2.75, 3.05) is 13.2 Å². The molecule has 5 heteroatoms. The summed E-state index contributed by atoms with van der Waals surface area (Å²) in [5.74, 6) is -0.153. The van der Waals surface area contributed by atoms with E-state index in [-0.39, 0.29) is 24.7 Å². The molecule has 0 spiro atoms. The van der Waals surface area contributed by atoms with E-state index in [0.29, 0.717) is 18.9 Å². The Morgan fingerprint density at radius 3 is 2.83 bits per heavy atom. The van der Waals surface area contributed by atoms with Crippen LogP contribution in [0.25, 0.3) is 0 Å². The predicted molar refractivity (Wildman–Crippen MR) is 65.2 cm³/mol. The van der Waals surface area contributed by atoms with Gasteiger partial charge in [-0.2, -0.15) is 0 Å². The molecule has 0 atom stereocenters. The van der Waals surface area contributed by atoms with Crippen molar-refractivity contribution in [1.29, 1.82) is 0 Å². The Kier molecular flexibility index (Phi) is 3.59. The van der Waals surface area contributed by atoms with Gasteiger partial charge in [0.2, 0.25) is 0 Å². The smallest absolute Gasteiger partial charge is 0.410 e. The van der Waals surface area contributed by atoms with Crippen LogP contribution in [-0.4, -0.2) is 40.8 Å². The van der Waals surface area contributed by atoms with E-state index in [1.165, 1.54) is 6.08 Å². The Labute approximate surface area is 106 Å². The summed E-state index contributed by atoms with van der Waals surface area (Å²) in [5.41, 5.74) is -0.264. The Morgan fingerprint density at radius 2 is 2.22 bits per heavy atom. The van der Waals surface area contributed by atoms with Crippen molar-refractivity contribution >= 4 is 12.1 Å². The molecule has 0 radical (unpaired) electrons. The first kappa shape index (κ1) is 12.9. The molecule has 2 heterocycles. The van der Waals surface area contributed by atoms with Gasteiger partial charge in [0.15, 0.2) is 0 Å². The molecule has 0 aromatic carbocycles. The number of hydrogen-bond acceptors (Lipinski definition) is 3. The van der Waals surface area contributed by atoms with Crippen molar-refractivity contribution in [3.05, 3.63) is 12.7 Å². The van der Waals surface area contributed by atoms with Gasteiger partial charge in [-0.1, -0.05) is 12.7 Å². The highest BCUT2D eigenvalue weighted by atomic mass is 16.6. The van der Waals surface area contributed by atoms with Gasteiger partial charge in [0.1, 0.15) is 6.61 Å². The van der Waals surface area contributed by atoms with Crippen molar-refractivity contribution in [2.24, 2.45) is 5.92 Å². The molecule has 2 aliphatic heterocycles. The summed E-state index contributed by atoms with van der Waals surface area (Å²) < 4.78 is 5.08. The van der Waals surface area contributed by atoms with E-state index in [2.05, 4.69) is 6.58 Å². The second-order valence-electron chi connectivity index (χ2n) is 5.20. The lowest BCUT2D eigenvalue weighted by atomic mass is 9.61. The van der Waals surface area contributed by atoms with Crippen LogP contribution in [0.3, 0.4) is 0 Å². The number of rotatable bonds is 5. The predicted octanol–water partition coefficient (Wildman–Crippen LogP) is 2.03. The molecule has 1 saturated carbocycles. The zero-order valence-electron chi connectivity index (χ0n) is 10.4. The van der Waals surface area contributed by atoms with Crippen molar-refractivity contribution in [3.63, 3.8) is 0 Å². The fourth-order valence-electron chi connectivity index (χ4n) is 3.16. The molecule has 3 fully saturated rings. The summed E-state index contributed by atoms with van der Waals surface area (Å²) in [4.78, 5) is 24.4. The molecular weight excluding hydrogens is 234 g/mol. The van der Waals surface area contributed by atoms with E-state index in [9.17, 15) is 9.59 Å². The standard InChI is InChI=1S/C13H19NO4/c1-2-7-18-12(17)14-6-4-10-8-13(14,9-10)5-3-11(15)16/h2,10H,1,3-9H2,(H,15,16). The van der Waals surface area contributed by atoms with Gasteiger partial charge < -0.3 is 14.7 Å². The van der Waals surface area contributed by atoms with Gasteiger partial charge in [-0.15, -0.1) is 0 Å². The quantitative estimate of drug-likeness (QED) is 0.761. The fraction of sp³-hybridized carbons (Fsp3) is 0.692. The number of hydrogen-bond donors (Lipinski definition) is 1. The van der Waals surface area contributed by atoms with Crippen LogP contribution < -0.4 is 0 Å². The summed E-state index contributed by atoms with van der Waals surface area (Å²) in [6.07, 6.45) is 4.68. The number of carbonyl (C=O) groups is 2. The van der Waals surface area contributed by atoms with Gasteiger partial charge >= 0.3 is 12.1 Å². The van der Waals surface area contributed by atoms with Crippen LogP contribution in [0.15, 0.2) is 12.7 Å². The maximum atomic E-state index is 12.0. The van der Waals surface area contributed by atoms with Crippen LogP contribution in [0.4, 0.5) is 4.79 Å². The van der Waals surface area contributed by atoms with E-state index < -0.39 is 5.97 Å². The second kappa shape index (κ2) is 5.00. The van der Waals surface area contributed by atoms with Gasteiger partial charge in [0, 0.05) is 18.5 Å². The summed E-state index contributed by atoms with van der Waals surface area (Å²) in [7, 11) is 0. The van der Waals surface area contributed by atoms with Crippen molar-refractivity contribution in [1.82, 2.24) is 4.90 Å². The monoisotopic (exact) mass is 253 g/mol. The number of fused-ring (bicyclic) bond motifs is 2. The number of piperidine rings is 2. The van der Waals surface area contributed by atoms with Gasteiger partial charge in [-0.05, 0) is 31.6 Å². The largest absolute Gasteiger partial charge is 0.481 e. The third-order valence-electron chi connectivity index (χ3n) is 4.02. The van der Waals surface area contributed by atoms with Crippen molar-refractivity contribution < 1.29 is 19.4 Å². The number of ether oxygens (including phenoxy) is 1. The van der Waals surface area contributed by atoms with Crippen LogP contribution in [0, 0.1) is 5.92 Å². The van der Waals surface area contributed by atoms with Crippen LogP contribution in [0.1, 0.15) is 32.1 Å². The van der Waals surface area contributed by atoms with Crippen LogP contribution in [0.2, 0.25) is 0 Å². The molecule has 100 valence electrons. The highest BCUT2D eigenvalue weighted by Crippen LogP contribution is 2.51. The molecule has 1 N–H and O–H groups in total. The lowest BCUT2D eigenvalue weighted by molar-refractivity contribution is -0.139. The number of carboxylic acid groups (broad SMARTS) is 1. The van der Waals surface area contributed by atoms with Crippen LogP contribution in [-0.2, 0) is 9.53 Å². The van der Waals surface area contributed by atoms with E-state index in [1.54, 1.807) is 4.90 Å². The van der Waals surface area contributed by atoms with E-state index >= 15 is 0 Å². The zero-order chi connectivity index (χ0) is 13.2. The van der Waals surface area contributed by atoms with E-state index in [4.69, 9.17) is 9.84 Å². The normalized spacial score (nSPS) is 29.3. The molecule has 2 saturated heterocycles. The first-order valence-corrected chi connectivity index (χ1v) is 6.34. The lowest BCUT2D eigenvalue weighted by Gasteiger charge is -2.58. The molecule has 3 aliphatic rings. The van der Waals surface area contributed by atoms with Crippen LogP contribution in [0.5, 0.6) is 0 Å². The number of amides is 1. The maximum Gasteiger partial charge on any atom is 0.410 e. The summed E-state index contributed by atoms with van der Waals surface area (Å²) in [6, 6.07) is 0. The molecule has 3 rings (SSSR count). The minimum absolute atomic E-state index is 0.109. The van der Waals surface area contributed by atoms with Crippen molar-refractivity contribution in [3.8, 4) is 0 Å². The van der Waals surface area contributed by atoms with Gasteiger partial charge in [-0.25, -0.2) is 4.79 Å². The third kappa shape index (κ3) is 2.35. The van der Waals surface area contributed by atoms with Gasteiger partial charge in [0.05, 0.1) is 0 Å².